The molecule has 0 aliphatic carbocycles. The summed E-state index contributed by atoms with van der Waals surface area (Å²) in [5, 5.41) is 16.8. The molecule has 0 fully saturated rings. The molecule has 4 rings (SSSR count). The quantitative estimate of drug-likeness (QED) is 0.776. The first kappa shape index (κ1) is 15.8. The smallest absolute Gasteiger partial charge is 0.242 e. The van der Waals surface area contributed by atoms with Crippen LogP contribution >= 0.6 is 11.3 Å². The molecule has 0 radical (unpaired) electrons. The Bertz CT molecular complexity index is 902. The second-order valence-electron chi connectivity index (χ2n) is 5.98. The summed E-state index contributed by atoms with van der Waals surface area (Å²) in [5.74, 6) is 0.828. The zero-order valence-electron chi connectivity index (χ0n) is 13.8. The maximum atomic E-state index is 12.5. The number of aromatic nitrogens is 4. The molecule has 1 aliphatic heterocycles. The standard InChI is InChI=1S/C17H18N6OS/c1-12-19-20-21-23(12)15-4-2-3-14(9-15)18-10-17(24)22-7-5-16-13(11-22)6-8-25-16/h2-4,6,8-9,18H,5,7,10-11H2,1H3. The molecule has 0 atom stereocenters. The molecule has 2 aromatic heterocycles. The predicted molar refractivity (Wildman–Crippen MR) is 95.8 cm³/mol. The lowest BCUT2D eigenvalue weighted by Crippen LogP contribution is -2.38. The van der Waals surface area contributed by atoms with Crippen LogP contribution in [0.3, 0.4) is 0 Å². The van der Waals surface area contributed by atoms with Crippen molar-refractivity contribution in [2.75, 3.05) is 18.4 Å². The van der Waals surface area contributed by atoms with E-state index >= 15 is 0 Å². The highest BCUT2D eigenvalue weighted by atomic mass is 32.1. The minimum Gasteiger partial charge on any atom is -0.376 e. The summed E-state index contributed by atoms with van der Waals surface area (Å²) in [6.07, 6.45) is 0.951. The second kappa shape index (κ2) is 6.64. The van der Waals surface area contributed by atoms with Gasteiger partial charge in [0.1, 0.15) is 0 Å². The van der Waals surface area contributed by atoms with Gasteiger partial charge in [0.15, 0.2) is 5.82 Å². The molecule has 3 aromatic rings. The summed E-state index contributed by atoms with van der Waals surface area (Å²) in [6, 6.07) is 9.83. The van der Waals surface area contributed by atoms with Gasteiger partial charge in [0, 0.05) is 23.7 Å². The van der Waals surface area contributed by atoms with Crippen molar-refractivity contribution in [2.24, 2.45) is 0 Å². The zero-order chi connectivity index (χ0) is 17.2. The summed E-state index contributed by atoms with van der Waals surface area (Å²) in [4.78, 5) is 15.8. The molecular formula is C17H18N6OS. The highest BCUT2D eigenvalue weighted by Crippen LogP contribution is 2.24. The van der Waals surface area contributed by atoms with Gasteiger partial charge in [-0.1, -0.05) is 6.07 Å². The third-order valence-corrected chi connectivity index (χ3v) is 5.34. The van der Waals surface area contributed by atoms with Crippen LogP contribution in [-0.4, -0.2) is 44.1 Å². The predicted octanol–water partition coefficient (Wildman–Crippen LogP) is 2.03. The van der Waals surface area contributed by atoms with Crippen LogP contribution in [0.2, 0.25) is 0 Å². The highest BCUT2D eigenvalue weighted by molar-refractivity contribution is 7.10. The number of hydrogen-bond acceptors (Lipinski definition) is 6. The van der Waals surface area contributed by atoms with Gasteiger partial charge in [-0.25, -0.2) is 0 Å². The van der Waals surface area contributed by atoms with E-state index in [9.17, 15) is 4.79 Å². The van der Waals surface area contributed by atoms with Gasteiger partial charge >= 0.3 is 0 Å². The number of nitrogens with zero attached hydrogens (tertiary/aromatic N) is 5. The van der Waals surface area contributed by atoms with Gasteiger partial charge in [0.25, 0.3) is 0 Å². The van der Waals surface area contributed by atoms with Crippen LogP contribution in [-0.2, 0) is 17.8 Å². The number of nitrogens with one attached hydrogen (secondary N) is 1. The minimum atomic E-state index is 0.112. The molecule has 7 nitrogen and oxygen atoms in total. The number of aryl methyl sites for hydroxylation is 1. The number of hydrogen-bond donors (Lipinski definition) is 1. The molecule has 25 heavy (non-hydrogen) atoms. The van der Waals surface area contributed by atoms with Crippen molar-refractivity contribution < 1.29 is 4.79 Å². The van der Waals surface area contributed by atoms with E-state index < -0.39 is 0 Å². The molecule has 1 N–H and O–H groups in total. The largest absolute Gasteiger partial charge is 0.376 e. The monoisotopic (exact) mass is 354 g/mol. The SMILES string of the molecule is Cc1nnnn1-c1cccc(NCC(=O)N2CCc3sccc3C2)c1. The van der Waals surface area contributed by atoms with Gasteiger partial charge in [-0.05, 0) is 59.0 Å². The van der Waals surface area contributed by atoms with Crippen LogP contribution in [0.4, 0.5) is 5.69 Å². The number of thiophene rings is 1. The number of benzene rings is 1. The number of amides is 1. The summed E-state index contributed by atoms with van der Waals surface area (Å²) >= 11 is 1.78. The van der Waals surface area contributed by atoms with Crippen LogP contribution in [0, 0.1) is 6.92 Å². The molecule has 0 unspecified atom stereocenters. The van der Waals surface area contributed by atoms with Gasteiger partial charge < -0.3 is 10.2 Å². The van der Waals surface area contributed by atoms with Gasteiger partial charge in [-0.15, -0.1) is 16.4 Å². The van der Waals surface area contributed by atoms with E-state index in [1.165, 1.54) is 10.4 Å². The van der Waals surface area contributed by atoms with Crippen molar-refractivity contribution in [1.82, 2.24) is 25.1 Å². The van der Waals surface area contributed by atoms with Crippen molar-refractivity contribution in [3.05, 3.63) is 52.0 Å². The fourth-order valence-corrected chi connectivity index (χ4v) is 3.86. The van der Waals surface area contributed by atoms with E-state index in [1.54, 1.807) is 16.0 Å². The molecule has 1 amide bonds. The minimum absolute atomic E-state index is 0.112. The fourth-order valence-electron chi connectivity index (χ4n) is 2.97. The summed E-state index contributed by atoms with van der Waals surface area (Å²) in [7, 11) is 0. The molecule has 0 saturated heterocycles. The van der Waals surface area contributed by atoms with E-state index in [4.69, 9.17) is 0 Å². The number of anilines is 1. The van der Waals surface area contributed by atoms with Gasteiger partial charge in [0.05, 0.1) is 12.2 Å². The van der Waals surface area contributed by atoms with Crippen molar-refractivity contribution in [1.29, 1.82) is 0 Å². The topological polar surface area (TPSA) is 75.9 Å². The highest BCUT2D eigenvalue weighted by Gasteiger charge is 2.21. The third-order valence-electron chi connectivity index (χ3n) is 4.32. The Morgan fingerprint density at radius 1 is 1.36 bits per heavy atom. The first-order valence-corrected chi connectivity index (χ1v) is 9.01. The van der Waals surface area contributed by atoms with E-state index in [2.05, 4.69) is 32.3 Å². The lowest BCUT2D eigenvalue weighted by atomic mass is 10.1. The Hall–Kier alpha value is -2.74. The maximum Gasteiger partial charge on any atom is 0.242 e. The Morgan fingerprint density at radius 3 is 3.12 bits per heavy atom. The van der Waals surface area contributed by atoms with Crippen molar-refractivity contribution in [2.45, 2.75) is 19.9 Å². The molecular weight excluding hydrogens is 336 g/mol. The van der Waals surface area contributed by atoms with Crippen LogP contribution in [0.15, 0.2) is 35.7 Å². The van der Waals surface area contributed by atoms with Gasteiger partial charge in [0.2, 0.25) is 5.91 Å². The zero-order valence-corrected chi connectivity index (χ0v) is 14.7. The number of tetrazole rings is 1. The maximum absolute atomic E-state index is 12.5. The van der Waals surface area contributed by atoms with Crippen LogP contribution in [0.5, 0.6) is 0 Å². The number of carbonyl (C=O) groups excluding carboxylic acids is 1. The van der Waals surface area contributed by atoms with Crippen molar-refractivity contribution >= 4 is 22.9 Å². The van der Waals surface area contributed by atoms with Crippen LogP contribution < -0.4 is 5.32 Å². The van der Waals surface area contributed by atoms with E-state index in [-0.39, 0.29) is 12.5 Å². The summed E-state index contributed by atoms with van der Waals surface area (Å²) < 4.78 is 1.66. The average molecular weight is 354 g/mol. The first-order valence-electron chi connectivity index (χ1n) is 8.13. The molecule has 128 valence electrons. The molecule has 8 heteroatoms. The Kier molecular flexibility index (Phi) is 4.19. The van der Waals surface area contributed by atoms with E-state index in [0.717, 1.165) is 24.3 Å². The molecule has 0 spiro atoms. The van der Waals surface area contributed by atoms with Gasteiger partial charge in [-0.2, -0.15) is 4.68 Å². The summed E-state index contributed by atoms with van der Waals surface area (Å²) in [6.45, 7) is 3.62. The Morgan fingerprint density at radius 2 is 2.28 bits per heavy atom. The second-order valence-corrected chi connectivity index (χ2v) is 6.98. The van der Waals surface area contributed by atoms with E-state index in [0.29, 0.717) is 12.4 Å². The number of fused-ring (bicyclic) bond motifs is 1. The molecule has 1 aromatic carbocycles. The van der Waals surface area contributed by atoms with Crippen LogP contribution in [0.1, 0.15) is 16.3 Å². The Labute approximate surface area is 149 Å². The van der Waals surface area contributed by atoms with Crippen molar-refractivity contribution in [3.63, 3.8) is 0 Å². The number of rotatable bonds is 4. The molecule has 3 heterocycles. The lowest BCUT2D eigenvalue weighted by molar-refractivity contribution is -0.130. The molecule has 0 bridgehead atoms. The van der Waals surface area contributed by atoms with Gasteiger partial charge in [-0.3, -0.25) is 4.79 Å². The van der Waals surface area contributed by atoms with E-state index in [1.807, 2.05) is 36.1 Å². The van der Waals surface area contributed by atoms with Crippen molar-refractivity contribution in [3.8, 4) is 5.69 Å². The normalized spacial score (nSPS) is 13.6. The average Bonchev–Trinajstić information content (AvgIpc) is 3.27. The Balaban J connectivity index is 1.40. The van der Waals surface area contributed by atoms with Crippen LogP contribution in [0.25, 0.3) is 5.69 Å². The fraction of sp³-hybridized carbons (Fsp3) is 0.294. The molecule has 1 aliphatic rings. The first-order chi connectivity index (χ1) is 12.2. The third kappa shape index (κ3) is 3.25. The summed E-state index contributed by atoms with van der Waals surface area (Å²) in [5.41, 5.74) is 3.01. The molecule has 0 saturated carbocycles. The lowest BCUT2D eigenvalue weighted by Gasteiger charge is -2.27. The number of carbonyl (C=O) groups is 1.